The van der Waals surface area contributed by atoms with Gasteiger partial charge in [0.25, 0.3) is 15.9 Å². The molecule has 3 aromatic rings. The largest absolute Gasteiger partial charge is 0.497 e. The second kappa shape index (κ2) is 10.6. The molecule has 0 saturated carbocycles. The predicted molar refractivity (Wildman–Crippen MR) is 127 cm³/mol. The molecule has 0 radical (unpaired) electrons. The Labute approximate surface area is 193 Å². The molecule has 0 bridgehead atoms. The summed E-state index contributed by atoms with van der Waals surface area (Å²) in [6.07, 6.45) is 1.42. The number of hydrazone groups is 1. The molecule has 33 heavy (non-hydrogen) atoms. The number of carbonyl (C=O) groups is 1. The van der Waals surface area contributed by atoms with Crippen molar-refractivity contribution < 1.29 is 22.7 Å². The lowest BCUT2D eigenvalue weighted by atomic mass is 10.2. The Morgan fingerprint density at radius 1 is 1.00 bits per heavy atom. The summed E-state index contributed by atoms with van der Waals surface area (Å²) < 4.78 is 38.2. The molecule has 9 heteroatoms. The van der Waals surface area contributed by atoms with Crippen LogP contribution in [0.25, 0.3) is 0 Å². The van der Waals surface area contributed by atoms with Gasteiger partial charge in [-0.25, -0.2) is 13.8 Å². The van der Waals surface area contributed by atoms with Crippen molar-refractivity contribution in [3.8, 4) is 11.5 Å². The van der Waals surface area contributed by atoms with Crippen molar-refractivity contribution >= 4 is 27.8 Å². The lowest BCUT2D eigenvalue weighted by Crippen LogP contribution is -2.40. The lowest BCUT2D eigenvalue weighted by molar-refractivity contribution is -0.119. The van der Waals surface area contributed by atoms with Crippen molar-refractivity contribution in [3.05, 3.63) is 83.9 Å². The van der Waals surface area contributed by atoms with Crippen LogP contribution in [0, 0.1) is 6.92 Å². The second-order valence-electron chi connectivity index (χ2n) is 7.01. The Bertz CT molecular complexity index is 1240. The highest BCUT2D eigenvalue weighted by Gasteiger charge is 2.28. The van der Waals surface area contributed by atoms with E-state index in [1.165, 1.54) is 25.5 Å². The molecule has 0 heterocycles. The van der Waals surface area contributed by atoms with E-state index in [0.29, 0.717) is 22.7 Å². The molecule has 0 fully saturated rings. The van der Waals surface area contributed by atoms with E-state index in [1.54, 1.807) is 74.7 Å². The van der Waals surface area contributed by atoms with Crippen LogP contribution in [0.4, 0.5) is 5.69 Å². The third-order valence-electron chi connectivity index (χ3n) is 4.84. The number of rotatable bonds is 9. The number of hydrogen-bond donors (Lipinski definition) is 1. The zero-order chi connectivity index (χ0) is 23.8. The molecule has 0 spiro atoms. The first-order valence-electron chi connectivity index (χ1n) is 10.0. The van der Waals surface area contributed by atoms with Crippen molar-refractivity contribution in [2.24, 2.45) is 5.10 Å². The highest BCUT2D eigenvalue weighted by Crippen LogP contribution is 2.26. The molecule has 0 saturated heterocycles. The topological polar surface area (TPSA) is 97.3 Å². The van der Waals surface area contributed by atoms with Crippen LogP contribution >= 0.6 is 0 Å². The molecular weight excluding hydrogens is 442 g/mol. The second-order valence-corrected chi connectivity index (χ2v) is 8.87. The summed E-state index contributed by atoms with van der Waals surface area (Å²) in [6.45, 7) is 1.34. The van der Waals surface area contributed by atoms with E-state index in [0.717, 1.165) is 9.87 Å². The molecule has 1 N–H and O–H groups in total. The van der Waals surface area contributed by atoms with Gasteiger partial charge in [0.05, 0.1) is 31.0 Å². The molecule has 3 aromatic carbocycles. The maximum Gasteiger partial charge on any atom is 0.264 e. The third kappa shape index (κ3) is 5.69. The molecule has 172 valence electrons. The number of amides is 1. The van der Waals surface area contributed by atoms with Crippen LogP contribution in [0.15, 0.2) is 82.8 Å². The Hall–Kier alpha value is -3.85. The first kappa shape index (κ1) is 23.8. The number of benzene rings is 3. The van der Waals surface area contributed by atoms with Gasteiger partial charge in [0, 0.05) is 11.6 Å². The Morgan fingerprint density at radius 3 is 2.36 bits per heavy atom. The van der Waals surface area contributed by atoms with Crippen molar-refractivity contribution in [2.75, 3.05) is 25.1 Å². The maximum absolute atomic E-state index is 13.3. The number of methoxy groups -OCH3 is 2. The number of sulfonamides is 1. The van der Waals surface area contributed by atoms with E-state index in [1.807, 2.05) is 0 Å². The number of anilines is 1. The fourth-order valence-electron chi connectivity index (χ4n) is 3.13. The van der Waals surface area contributed by atoms with E-state index in [2.05, 4.69) is 10.5 Å². The highest BCUT2D eigenvalue weighted by molar-refractivity contribution is 7.92. The summed E-state index contributed by atoms with van der Waals surface area (Å²) in [6, 6.07) is 20.1. The molecule has 0 unspecified atom stereocenters. The number of carbonyl (C=O) groups excluding carboxylic acids is 1. The van der Waals surface area contributed by atoms with Gasteiger partial charge in [-0.15, -0.1) is 0 Å². The number of ether oxygens (including phenoxy) is 2. The van der Waals surface area contributed by atoms with Crippen LogP contribution in [-0.2, 0) is 14.8 Å². The Balaban J connectivity index is 1.83. The minimum Gasteiger partial charge on any atom is -0.497 e. The molecule has 0 aliphatic carbocycles. The highest BCUT2D eigenvalue weighted by atomic mass is 32.2. The van der Waals surface area contributed by atoms with Crippen LogP contribution in [0.2, 0.25) is 0 Å². The number of aryl methyl sites for hydroxylation is 1. The summed E-state index contributed by atoms with van der Waals surface area (Å²) in [5.41, 5.74) is 4.14. The SMILES string of the molecule is COc1ccc(/C=N/NC(=O)CN(c2ccccc2C)S(=O)(=O)c2ccccc2)c(OC)c1. The van der Waals surface area contributed by atoms with Crippen LogP contribution in [0.1, 0.15) is 11.1 Å². The third-order valence-corrected chi connectivity index (χ3v) is 6.61. The number of nitrogens with zero attached hydrogens (tertiary/aromatic N) is 2. The van der Waals surface area contributed by atoms with Crippen LogP contribution in [0.5, 0.6) is 11.5 Å². The number of para-hydroxylation sites is 1. The van der Waals surface area contributed by atoms with Gasteiger partial charge < -0.3 is 9.47 Å². The molecule has 0 atom stereocenters. The van der Waals surface area contributed by atoms with Gasteiger partial charge in [-0.05, 0) is 42.8 Å². The van der Waals surface area contributed by atoms with Gasteiger partial charge in [-0.1, -0.05) is 36.4 Å². The molecular formula is C24H25N3O5S. The van der Waals surface area contributed by atoms with Gasteiger partial charge in [0.15, 0.2) is 0 Å². The van der Waals surface area contributed by atoms with E-state index in [9.17, 15) is 13.2 Å². The van der Waals surface area contributed by atoms with Crippen molar-refractivity contribution in [1.29, 1.82) is 0 Å². The zero-order valence-corrected chi connectivity index (χ0v) is 19.4. The Kier molecular flexibility index (Phi) is 7.68. The summed E-state index contributed by atoms with van der Waals surface area (Å²) in [4.78, 5) is 12.8. The molecule has 8 nitrogen and oxygen atoms in total. The first-order chi connectivity index (χ1) is 15.9. The fraction of sp³-hybridized carbons (Fsp3) is 0.167. The number of nitrogens with one attached hydrogen (secondary N) is 1. The van der Waals surface area contributed by atoms with Gasteiger partial charge in [0.1, 0.15) is 18.0 Å². The van der Waals surface area contributed by atoms with Crippen molar-refractivity contribution in [2.45, 2.75) is 11.8 Å². The smallest absolute Gasteiger partial charge is 0.264 e. The summed E-state index contributed by atoms with van der Waals surface area (Å²) in [7, 11) is -0.919. The van der Waals surface area contributed by atoms with E-state index in [-0.39, 0.29) is 4.90 Å². The van der Waals surface area contributed by atoms with Gasteiger partial charge >= 0.3 is 0 Å². The average Bonchev–Trinajstić information content (AvgIpc) is 2.83. The van der Waals surface area contributed by atoms with Gasteiger partial charge in [-0.2, -0.15) is 5.10 Å². The summed E-state index contributed by atoms with van der Waals surface area (Å²) >= 11 is 0. The molecule has 1 amide bonds. The molecule has 0 aromatic heterocycles. The van der Waals surface area contributed by atoms with E-state index < -0.39 is 22.5 Å². The molecule has 0 aliphatic rings. The minimum absolute atomic E-state index is 0.0903. The molecule has 0 aliphatic heterocycles. The minimum atomic E-state index is -3.98. The van der Waals surface area contributed by atoms with Gasteiger partial charge in [-0.3, -0.25) is 9.10 Å². The normalized spacial score (nSPS) is 11.2. The van der Waals surface area contributed by atoms with Crippen LogP contribution in [-0.4, -0.2) is 41.3 Å². The van der Waals surface area contributed by atoms with Crippen LogP contribution in [0.3, 0.4) is 0 Å². The lowest BCUT2D eigenvalue weighted by Gasteiger charge is -2.25. The Morgan fingerprint density at radius 2 is 1.70 bits per heavy atom. The predicted octanol–water partition coefficient (Wildman–Crippen LogP) is 3.36. The summed E-state index contributed by atoms with van der Waals surface area (Å²) in [5, 5.41) is 3.96. The van der Waals surface area contributed by atoms with Crippen LogP contribution < -0.4 is 19.2 Å². The zero-order valence-electron chi connectivity index (χ0n) is 18.6. The maximum atomic E-state index is 13.3. The van der Waals surface area contributed by atoms with E-state index >= 15 is 0 Å². The van der Waals surface area contributed by atoms with Crippen molar-refractivity contribution in [1.82, 2.24) is 5.43 Å². The fourth-order valence-corrected chi connectivity index (χ4v) is 4.63. The number of hydrogen-bond acceptors (Lipinski definition) is 6. The standard InChI is InChI=1S/C24H25N3O5S/c1-18-9-7-8-12-22(18)27(33(29,30)21-10-5-4-6-11-21)17-24(28)26-25-16-19-13-14-20(31-2)15-23(19)32-3/h4-16H,17H2,1-3H3,(H,26,28)/b25-16+. The monoisotopic (exact) mass is 467 g/mol. The first-order valence-corrected chi connectivity index (χ1v) is 11.5. The van der Waals surface area contributed by atoms with Crippen molar-refractivity contribution in [3.63, 3.8) is 0 Å². The van der Waals surface area contributed by atoms with E-state index in [4.69, 9.17) is 9.47 Å². The average molecular weight is 468 g/mol. The molecule has 3 rings (SSSR count). The quantitative estimate of drug-likeness (QED) is 0.384. The van der Waals surface area contributed by atoms with Gasteiger partial charge in [0.2, 0.25) is 0 Å². The summed E-state index contributed by atoms with van der Waals surface area (Å²) in [5.74, 6) is 0.537.